The van der Waals surface area contributed by atoms with Crippen LogP contribution in [0.1, 0.15) is 43.1 Å². The first-order valence-electron chi connectivity index (χ1n) is 6.17. The standard InChI is InChI=1S/C13H19N3O.ClH/c1-9-2-5-11(6-3-9)16-13(17)12-7-4-10(14)8-15-12;/h4,7-9,11H,2-3,5-6,14H2,1H3,(H,16,17);1H. The molecule has 3 N–H and O–H groups in total. The lowest BCUT2D eigenvalue weighted by atomic mass is 9.87. The van der Waals surface area contributed by atoms with Gasteiger partial charge in [-0.3, -0.25) is 4.79 Å². The maximum atomic E-state index is 11.9. The Bertz CT molecular complexity index is 386. The summed E-state index contributed by atoms with van der Waals surface area (Å²) in [5.74, 6) is 0.697. The number of amides is 1. The fourth-order valence-corrected chi connectivity index (χ4v) is 2.20. The highest BCUT2D eigenvalue weighted by Crippen LogP contribution is 2.23. The number of hydrogen-bond acceptors (Lipinski definition) is 3. The van der Waals surface area contributed by atoms with Gasteiger partial charge in [-0.05, 0) is 43.7 Å². The van der Waals surface area contributed by atoms with Crippen LogP contribution in [0.5, 0.6) is 0 Å². The van der Waals surface area contributed by atoms with Crippen LogP contribution in [0.25, 0.3) is 0 Å². The molecule has 0 aromatic carbocycles. The third-order valence-electron chi connectivity index (χ3n) is 3.37. The summed E-state index contributed by atoms with van der Waals surface area (Å²) in [6.45, 7) is 2.26. The van der Waals surface area contributed by atoms with Crippen molar-refractivity contribution in [1.29, 1.82) is 0 Å². The highest BCUT2D eigenvalue weighted by molar-refractivity contribution is 5.92. The Morgan fingerprint density at radius 1 is 1.33 bits per heavy atom. The van der Waals surface area contributed by atoms with E-state index in [0.717, 1.165) is 18.8 Å². The van der Waals surface area contributed by atoms with E-state index in [0.29, 0.717) is 17.4 Å². The lowest BCUT2D eigenvalue weighted by Crippen LogP contribution is -2.37. The van der Waals surface area contributed by atoms with Crippen LogP contribution < -0.4 is 11.1 Å². The van der Waals surface area contributed by atoms with Crippen LogP contribution in [0.15, 0.2) is 18.3 Å². The predicted molar refractivity (Wildman–Crippen MR) is 74.8 cm³/mol. The Labute approximate surface area is 114 Å². The summed E-state index contributed by atoms with van der Waals surface area (Å²) in [5.41, 5.74) is 6.55. The predicted octanol–water partition coefficient (Wildman–Crippen LogP) is 2.39. The SMILES string of the molecule is CC1CCC(NC(=O)c2ccc(N)cn2)CC1.Cl. The van der Waals surface area contributed by atoms with Gasteiger partial charge in [0.1, 0.15) is 5.69 Å². The lowest BCUT2D eigenvalue weighted by molar-refractivity contribution is 0.0918. The van der Waals surface area contributed by atoms with Crippen molar-refractivity contribution in [3.05, 3.63) is 24.0 Å². The molecular formula is C13H20ClN3O. The molecule has 0 bridgehead atoms. The molecule has 2 rings (SSSR count). The number of hydrogen-bond donors (Lipinski definition) is 2. The number of halogens is 1. The molecule has 1 saturated carbocycles. The summed E-state index contributed by atoms with van der Waals surface area (Å²) >= 11 is 0. The molecule has 100 valence electrons. The number of nitrogen functional groups attached to an aromatic ring is 1. The summed E-state index contributed by atoms with van der Waals surface area (Å²) in [6.07, 6.45) is 6.04. The minimum absolute atomic E-state index is 0. The first kappa shape index (κ1) is 14.8. The molecule has 1 aliphatic rings. The third-order valence-corrected chi connectivity index (χ3v) is 3.37. The molecule has 0 atom stereocenters. The van der Waals surface area contributed by atoms with Crippen LogP contribution in [0.4, 0.5) is 5.69 Å². The number of aromatic nitrogens is 1. The molecule has 1 fully saturated rings. The van der Waals surface area contributed by atoms with E-state index in [1.54, 1.807) is 12.1 Å². The number of pyridine rings is 1. The lowest BCUT2D eigenvalue weighted by Gasteiger charge is -2.26. The van der Waals surface area contributed by atoms with Crippen molar-refractivity contribution in [2.24, 2.45) is 5.92 Å². The summed E-state index contributed by atoms with van der Waals surface area (Å²) in [5, 5.41) is 3.03. The number of carbonyl (C=O) groups excluding carboxylic acids is 1. The molecule has 1 aromatic rings. The number of nitrogens with two attached hydrogens (primary N) is 1. The van der Waals surface area contributed by atoms with Crippen molar-refractivity contribution in [3.63, 3.8) is 0 Å². The van der Waals surface area contributed by atoms with Crippen molar-refractivity contribution in [1.82, 2.24) is 10.3 Å². The normalized spacial score (nSPS) is 22.9. The van der Waals surface area contributed by atoms with Gasteiger partial charge in [-0.2, -0.15) is 0 Å². The van der Waals surface area contributed by atoms with Gasteiger partial charge in [-0.15, -0.1) is 12.4 Å². The molecular weight excluding hydrogens is 250 g/mol. The van der Waals surface area contributed by atoms with Gasteiger partial charge in [-0.25, -0.2) is 4.98 Å². The zero-order chi connectivity index (χ0) is 12.3. The summed E-state index contributed by atoms with van der Waals surface area (Å²) in [7, 11) is 0. The van der Waals surface area contributed by atoms with Gasteiger partial charge in [0.15, 0.2) is 0 Å². The van der Waals surface area contributed by atoms with Crippen molar-refractivity contribution in [2.45, 2.75) is 38.6 Å². The second kappa shape index (κ2) is 6.59. The van der Waals surface area contributed by atoms with Crippen molar-refractivity contribution in [2.75, 3.05) is 5.73 Å². The van der Waals surface area contributed by atoms with E-state index in [1.165, 1.54) is 19.0 Å². The largest absolute Gasteiger partial charge is 0.397 e. The van der Waals surface area contributed by atoms with Gasteiger partial charge >= 0.3 is 0 Å². The molecule has 0 aliphatic heterocycles. The van der Waals surface area contributed by atoms with Gasteiger partial charge in [0.05, 0.1) is 11.9 Å². The molecule has 5 heteroatoms. The van der Waals surface area contributed by atoms with Crippen LogP contribution in [0.2, 0.25) is 0 Å². The summed E-state index contributed by atoms with van der Waals surface area (Å²) < 4.78 is 0. The van der Waals surface area contributed by atoms with Gasteiger partial charge in [-0.1, -0.05) is 6.92 Å². The van der Waals surface area contributed by atoms with Crippen molar-refractivity contribution >= 4 is 24.0 Å². The van der Waals surface area contributed by atoms with E-state index in [-0.39, 0.29) is 18.3 Å². The Morgan fingerprint density at radius 3 is 2.56 bits per heavy atom. The Balaban J connectivity index is 0.00000162. The fraction of sp³-hybridized carbons (Fsp3) is 0.538. The monoisotopic (exact) mass is 269 g/mol. The highest BCUT2D eigenvalue weighted by atomic mass is 35.5. The summed E-state index contributed by atoms with van der Waals surface area (Å²) in [4.78, 5) is 15.9. The van der Waals surface area contributed by atoms with E-state index in [4.69, 9.17) is 5.73 Å². The van der Waals surface area contributed by atoms with Gasteiger partial charge in [0.2, 0.25) is 0 Å². The number of rotatable bonds is 2. The van der Waals surface area contributed by atoms with E-state index in [2.05, 4.69) is 17.2 Å². The maximum absolute atomic E-state index is 11.9. The number of carbonyl (C=O) groups is 1. The van der Waals surface area contributed by atoms with Crippen LogP contribution in [0.3, 0.4) is 0 Å². The van der Waals surface area contributed by atoms with Crippen molar-refractivity contribution in [3.8, 4) is 0 Å². The third kappa shape index (κ3) is 3.88. The second-order valence-electron chi connectivity index (χ2n) is 4.91. The highest BCUT2D eigenvalue weighted by Gasteiger charge is 2.20. The Kier molecular flexibility index (Phi) is 5.41. The molecule has 0 unspecified atom stereocenters. The van der Waals surface area contributed by atoms with Gasteiger partial charge in [0.25, 0.3) is 5.91 Å². The average Bonchev–Trinajstić information content (AvgIpc) is 2.33. The van der Waals surface area contributed by atoms with E-state index < -0.39 is 0 Å². The molecule has 1 aliphatic carbocycles. The molecule has 0 spiro atoms. The molecule has 0 saturated heterocycles. The van der Waals surface area contributed by atoms with Crippen LogP contribution >= 0.6 is 12.4 Å². The van der Waals surface area contributed by atoms with Gasteiger partial charge < -0.3 is 11.1 Å². The average molecular weight is 270 g/mol. The number of nitrogens with one attached hydrogen (secondary N) is 1. The van der Waals surface area contributed by atoms with Gasteiger partial charge in [0, 0.05) is 6.04 Å². The Morgan fingerprint density at radius 2 is 2.00 bits per heavy atom. The van der Waals surface area contributed by atoms with E-state index in [9.17, 15) is 4.79 Å². The first-order chi connectivity index (χ1) is 8.15. The molecule has 0 radical (unpaired) electrons. The molecule has 18 heavy (non-hydrogen) atoms. The quantitative estimate of drug-likeness (QED) is 0.866. The fourth-order valence-electron chi connectivity index (χ4n) is 2.20. The minimum Gasteiger partial charge on any atom is -0.397 e. The summed E-state index contributed by atoms with van der Waals surface area (Å²) in [6, 6.07) is 3.67. The Hall–Kier alpha value is -1.29. The molecule has 1 heterocycles. The maximum Gasteiger partial charge on any atom is 0.270 e. The minimum atomic E-state index is -0.0930. The number of nitrogens with zero attached hydrogens (tertiary/aromatic N) is 1. The second-order valence-corrected chi connectivity index (χ2v) is 4.91. The van der Waals surface area contributed by atoms with Crippen LogP contribution in [-0.4, -0.2) is 16.9 Å². The topological polar surface area (TPSA) is 68.0 Å². The van der Waals surface area contributed by atoms with Crippen LogP contribution in [0, 0.1) is 5.92 Å². The first-order valence-corrected chi connectivity index (χ1v) is 6.17. The zero-order valence-corrected chi connectivity index (χ0v) is 11.4. The molecule has 4 nitrogen and oxygen atoms in total. The smallest absolute Gasteiger partial charge is 0.270 e. The van der Waals surface area contributed by atoms with Crippen LogP contribution in [-0.2, 0) is 0 Å². The zero-order valence-electron chi connectivity index (χ0n) is 10.6. The van der Waals surface area contributed by atoms with E-state index >= 15 is 0 Å². The van der Waals surface area contributed by atoms with Crippen molar-refractivity contribution < 1.29 is 4.79 Å². The van der Waals surface area contributed by atoms with E-state index in [1.807, 2.05) is 0 Å². The molecule has 1 amide bonds. The molecule has 1 aromatic heterocycles. The number of anilines is 1.